The fraction of sp³-hybridized carbons (Fsp3) is 0.333. The second-order valence-electron chi connectivity index (χ2n) is 3.97. The zero-order chi connectivity index (χ0) is 12.4. The lowest BCUT2D eigenvalue weighted by molar-refractivity contribution is -0.124. The first-order valence-electron chi connectivity index (χ1n) is 5.36. The Morgan fingerprint density at radius 2 is 2.12 bits per heavy atom. The first-order valence-corrected chi connectivity index (χ1v) is 6.12. The minimum absolute atomic E-state index is 0.215. The predicted octanol–water partition coefficient (Wildman–Crippen LogP) is 2.70. The average molecular weight is 272 g/mol. The molecule has 3 nitrogen and oxygen atoms in total. The number of amides is 1. The predicted molar refractivity (Wildman–Crippen MR) is 66.5 cm³/mol. The van der Waals surface area contributed by atoms with Gasteiger partial charge in [-0.15, -0.1) is 0 Å². The molecule has 1 atom stereocenters. The van der Waals surface area contributed by atoms with Gasteiger partial charge in [0.25, 0.3) is 0 Å². The van der Waals surface area contributed by atoms with Gasteiger partial charge in [-0.1, -0.05) is 23.2 Å². The van der Waals surface area contributed by atoms with Crippen LogP contribution in [0.15, 0.2) is 18.2 Å². The van der Waals surface area contributed by atoms with Crippen molar-refractivity contribution in [2.45, 2.75) is 12.8 Å². The monoisotopic (exact) mass is 271 g/mol. The van der Waals surface area contributed by atoms with E-state index in [1.807, 2.05) is 0 Å². The molecule has 17 heavy (non-hydrogen) atoms. The molecule has 1 aliphatic rings. The minimum atomic E-state index is -0.623. The van der Waals surface area contributed by atoms with E-state index in [9.17, 15) is 9.59 Å². The van der Waals surface area contributed by atoms with E-state index in [0.29, 0.717) is 28.6 Å². The van der Waals surface area contributed by atoms with Gasteiger partial charge in [-0.25, -0.2) is 0 Å². The molecule has 1 unspecified atom stereocenters. The van der Waals surface area contributed by atoms with Crippen molar-refractivity contribution in [1.29, 1.82) is 0 Å². The van der Waals surface area contributed by atoms with Crippen molar-refractivity contribution in [3.63, 3.8) is 0 Å². The number of rotatable bonds is 2. The molecule has 1 heterocycles. The van der Waals surface area contributed by atoms with Crippen molar-refractivity contribution in [3.05, 3.63) is 33.8 Å². The zero-order valence-corrected chi connectivity index (χ0v) is 10.5. The summed E-state index contributed by atoms with van der Waals surface area (Å²) in [7, 11) is 0. The Morgan fingerprint density at radius 1 is 1.35 bits per heavy atom. The van der Waals surface area contributed by atoms with Gasteiger partial charge in [0.05, 0.1) is 5.02 Å². The number of halogens is 2. The summed E-state index contributed by atoms with van der Waals surface area (Å²) in [6, 6.07) is 4.67. The van der Waals surface area contributed by atoms with Gasteiger partial charge < -0.3 is 5.32 Å². The number of carbonyl (C=O) groups excluding carboxylic acids is 2. The topological polar surface area (TPSA) is 46.2 Å². The van der Waals surface area contributed by atoms with Crippen LogP contribution in [0, 0.1) is 5.92 Å². The van der Waals surface area contributed by atoms with Gasteiger partial charge in [-0.2, -0.15) is 0 Å². The summed E-state index contributed by atoms with van der Waals surface area (Å²) in [6.45, 7) is 0.636. The van der Waals surface area contributed by atoms with Gasteiger partial charge in [0.15, 0.2) is 5.78 Å². The smallest absolute Gasteiger partial charge is 0.230 e. The van der Waals surface area contributed by atoms with Crippen LogP contribution in [-0.4, -0.2) is 18.2 Å². The van der Waals surface area contributed by atoms with Crippen LogP contribution in [0.1, 0.15) is 23.2 Å². The van der Waals surface area contributed by atoms with Crippen LogP contribution in [0.5, 0.6) is 0 Å². The van der Waals surface area contributed by atoms with Crippen molar-refractivity contribution >= 4 is 34.9 Å². The third-order valence-corrected chi connectivity index (χ3v) is 3.35. The standard InChI is InChI=1S/C12H11Cl2NO2/c13-7-3-4-8(10(14)6-7)11(16)9-2-1-5-15-12(9)17/h3-4,6,9H,1-2,5H2,(H,15,17). The third-order valence-electron chi connectivity index (χ3n) is 2.80. The molecular formula is C12H11Cl2NO2. The van der Waals surface area contributed by atoms with Gasteiger partial charge in [0.1, 0.15) is 5.92 Å². The van der Waals surface area contributed by atoms with Crippen LogP contribution in [0.3, 0.4) is 0 Å². The van der Waals surface area contributed by atoms with Crippen LogP contribution < -0.4 is 5.32 Å². The molecule has 0 aromatic heterocycles. The molecule has 2 rings (SSSR count). The van der Waals surface area contributed by atoms with Gasteiger partial charge in [-0.3, -0.25) is 9.59 Å². The molecule has 1 amide bonds. The number of carbonyl (C=O) groups is 2. The fourth-order valence-electron chi connectivity index (χ4n) is 1.90. The first kappa shape index (κ1) is 12.4. The Hall–Kier alpha value is -1.06. The number of Topliss-reactive ketones (excluding diaryl/α,β-unsaturated/α-hetero) is 1. The zero-order valence-electron chi connectivity index (χ0n) is 9.00. The fourth-order valence-corrected chi connectivity index (χ4v) is 2.40. The SMILES string of the molecule is O=C1NCCCC1C(=O)c1ccc(Cl)cc1Cl. The summed E-state index contributed by atoms with van der Waals surface area (Å²) in [6.07, 6.45) is 1.39. The Kier molecular flexibility index (Phi) is 3.69. The van der Waals surface area contributed by atoms with Gasteiger partial charge in [0, 0.05) is 17.1 Å². The molecule has 0 radical (unpaired) electrons. The number of nitrogens with one attached hydrogen (secondary N) is 1. The van der Waals surface area contributed by atoms with Crippen molar-refractivity contribution < 1.29 is 9.59 Å². The molecule has 1 saturated heterocycles. The maximum Gasteiger partial charge on any atom is 0.230 e. The van der Waals surface area contributed by atoms with Crippen LogP contribution in [0.2, 0.25) is 10.0 Å². The first-order chi connectivity index (χ1) is 8.09. The Bertz CT molecular complexity index is 474. The largest absolute Gasteiger partial charge is 0.355 e. The Labute approximate surface area is 109 Å². The maximum absolute atomic E-state index is 12.2. The van der Waals surface area contributed by atoms with Crippen LogP contribution >= 0.6 is 23.2 Å². The van der Waals surface area contributed by atoms with Gasteiger partial charge >= 0.3 is 0 Å². The molecule has 1 N–H and O–H groups in total. The molecule has 5 heteroatoms. The summed E-state index contributed by atoms with van der Waals surface area (Å²) in [5, 5.41) is 3.45. The van der Waals surface area contributed by atoms with E-state index < -0.39 is 5.92 Å². The minimum Gasteiger partial charge on any atom is -0.355 e. The Balaban J connectivity index is 2.27. The molecule has 1 aromatic rings. The highest BCUT2D eigenvalue weighted by Crippen LogP contribution is 2.25. The molecule has 0 bridgehead atoms. The van der Waals surface area contributed by atoms with Gasteiger partial charge in [-0.05, 0) is 31.0 Å². The summed E-state index contributed by atoms with van der Waals surface area (Å²) in [5.74, 6) is -1.07. The lowest BCUT2D eigenvalue weighted by Gasteiger charge is -2.21. The van der Waals surface area contributed by atoms with E-state index in [4.69, 9.17) is 23.2 Å². The van der Waals surface area contributed by atoms with Crippen molar-refractivity contribution in [1.82, 2.24) is 5.32 Å². The third kappa shape index (κ3) is 2.61. The number of hydrogen-bond donors (Lipinski definition) is 1. The lowest BCUT2D eigenvalue weighted by Crippen LogP contribution is -2.40. The number of benzene rings is 1. The number of ketones is 1. The van der Waals surface area contributed by atoms with Crippen LogP contribution in [0.4, 0.5) is 0 Å². The summed E-state index contributed by atoms with van der Waals surface area (Å²) in [5.41, 5.74) is 0.359. The molecule has 0 saturated carbocycles. The van der Waals surface area contributed by atoms with Crippen LogP contribution in [0.25, 0.3) is 0 Å². The van der Waals surface area contributed by atoms with E-state index in [0.717, 1.165) is 6.42 Å². The van der Waals surface area contributed by atoms with Crippen molar-refractivity contribution in [2.75, 3.05) is 6.54 Å². The molecular weight excluding hydrogens is 261 g/mol. The normalized spacial score (nSPS) is 19.9. The van der Waals surface area contributed by atoms with E-state index in [-0.39, 0.29) is 11.7 Å². The molecule has 0 aliphatic carbocycles. The number of hydrogen-bond acceptors (Lipinski definition) is 2. The lowest BCUT2D eigenvalue weighted by atomic mass is 9.90. The van der Waals surface area contributed by atoms with E-state index in [1.165, 1.54) is 6.07 Å². The average Bonchev–Trinajstić information content (AvgIpc) is 2.29. The number of piperidine rings is 1. The highest BCUT2D eigenvalue weighted by atomic mass is 35.5. The second-order valence-corrected chi connectivity index (χ2v) is 4.82. The van der Waals surface area contributed by atoms with E-state index in [1.54, 1.807) is 12.1 Å². The Morgan fingerprint density at radius 3 is 2.76 bits per heavy atom. The summed E-state index contributed by atoms with van der Waals surface area (Å²) in [4.78, 5) is 23.7. The van der Waals surface area contributed by atoms with Crippen molar-refractivity contribution in [2.24, 2.45) is 5.92 Å². The summed E-state index contributed by atoms with van der Waals surface area (Å²) < 4.78 is 0. The summed E-state index contributed by atoms with van der Waals surface area (Å²) >= 11 is 11.7. The van der Waals surface area contributed by atoms with E-state index >= 15 is 0 Å². The quantitative estimate of drug-likeness (QED) is 0.664. The molecule has 1 fully saturated rings. The molecule has 0 spiro atoms. The maximum atomic E-state index is 12.2. The highest BCUT2D eigenvalue weighted by molar-refractivity contribution is 6.37. The second kappa shape index (κ2) is 5.07. The molecule has 1 aliphatic heterocycles. The van der Waals surface area contributed by atoms with Crippen molar-refractivity contribution in [3.8, 4) is 0 Å². The van der Waals surface area contributed by atoms with Crippen LogP contribution in [-0.2, 0) is 4.79 Å². The molecule has 1 aromatic carbocycles. The van der Waals surface area contributed by atoms with Gasteiger partial charge in [0.2, 0.25) is 5.91 Å². The molecule has 90 valence electrons. The van der Waals surface area contributed by atoms with E-state index in [2.05, 4.69) is 5.32 Å². The highest BCUT2D eigenvalue weighted by Gasteiger charge is 2.30.